The molecular weight excluding hydrogens is 297 g/mol. The summed E-state index contributed by atoms with van der Waals surface area (Å²) in [7, 11) is 1.88. The first-order valence-electron chi connectivity index (χ1n) is 7.49. The highest BCUT2D eigenvalue weighted by molar-refractivity contribution is 5.89. The van der Waals surface area contributed by atoms with Crippen molar-refractivity contribution in [3.63, 3.8) is 0 Å². The van der Waals surface area contributed by atoms with Crippen LogP contribution >= 0.6 is 0 Å². The molecule has 0 unspecified atom stereocenters. The molecule has 0 radical (unpaired) electrons. The van der Waals surface area contributed by atoms with Crippen molar-refractivity contribution in [1.82, 2.24) is 19.7 Å². The van der Waals surface area contributed by atoms with Gasteiger partial charge in [0.2, 0.25) is 0 Å². The summed E-state index contributed by atoms with van der Waals surface area (Å²) < 4.78 is 21.8. The van der Waals surface area contributed by atoms with Crippen molar-refractivity contribution in [3.05, 3.63) is 48.3 Å². The fourth-order valence-electron chi connectivity index (χ4n) is 3.05. The van der Waals surface area contributed by atoms with Gasteiger partial charge in [-0.05, 0) is 24.6 Å². The molecule has 1 aliphatic rings. The zero-order valence-corrected chi connectivity index (χ0v) is 12.6. The molecule has 23 heavy (non-hydrogen) atoms. The van der Waals surface area contributed by atoms with E-state index in [1.807, 2.05) is 13.1 Å². The largest absolute Gasteiger partial charge is 0.370 e. The zero-order valence-electron chi connectivity index (χ0n) is 12.6. The van der Waals surface area contributed by atoms with E-state index in [2.05, 4.69) is 20.4 Å². The molecule has 7 heteroatoms. The van der Waals surface area contributed by atoms with Crippen LogP contribution in [0.1, 0.15) is 18.2 Å². The first kappa shape index (κ1) is 14.1. The van der Waals surface area contributed by atoms with Crippen LogP contribution in [0.3, 0.4) is 0 Å². The third-order valence-corrected chi connectivity index (χ3v) is 4.18. The molecule has 3 heterocycles. The Morgan fingerprint density at radius 3 is 3.04 bits per heavy atom. The average Bonchev–Trinajstić information content (AvgIpc) is 3.16. The number of aromatic nitrogens is 4. The van der Waals surface area contributed by atoms with Gasteiger partial charge in [-0.3, -0.25) is 4.68 Å². The van der Waals surface area contributed by atoms with Crippen molar-refractivity contribution in [3.8, 4) is 0 Å². The molecule has 0 spiro atoms. The molecule has 4 rings (SSSR count). The predicted octanol–water partition coefficient (Wildman–Crippen LogP) is 2.44. The van der Waals surface area contributed by atoms with E-state index in [0.717, 1.165) is 12.1 Å². The van der Waals surface area contributed by atoms with Gasteiger partial charge in [-0.2, -0.15) is 5.10 Å². The Morgan fingerprint density at radius 2 is 2.22 bits per heavy atom. The fraction of sp³-hybridized carbons (Fsp3) is 0.312. The summed E-state index contributed by atoms with van der Waals surface area (Å²) in [6.07, 6.45) is 3.86. The number of fused-ring (bicyclic) bond motifs is 1. The van der Waals surface area contributed by atoms with Crippen LogP contribution in [0.5, 0.6) is 0 Å². The molecule has 0 aliphatic carbocycles. The Morgan fingerprint density at radius 1 is 1.30 bits per heavy atom. The van der Waals surface area contributed by atoms with Gasteiger partial charge in [-0.15, -0.1) is 0 Å². The number of halogens is 1. The van der Waals surface area contributed by atoms with Crippen LogP contribution < -0.4 is 5.32 Å². The topological polar surface area (TPSA) is 64.9 Å². The maximum Gasteiger partial charge on any atom is 0.140 e. The molecular formula is C16H16FN5O. The van der Waals surface area contributed by atoms with Gasteiger partial charge in [0, 0.05) is 19.9 Å². The Labute approximate surface area is 132 Å². The Bertz CT molecular complexity index is 844. The predicted molar refractivity (Wildman–Crippen MR) is 83.4 cm³/mol. The lowest BCUT2D eigenvalue weighted by molar-refractivity contribution is 0.101. The first-order chi connectivity index (χ1) is 11.2. The van der Waals surface area contributed by atoms with Crippen molar-refractivity contribution in [2.24, 2.45) is 7.05 Å². The van der Waals surface area contributed by atoms with Gasteiger partial charge in [0.1, 0.15) is 24.1 Å². The molecule has 0 amide bonds. The molecule has 2 aromatic heterocycles. The van der Waals surface area contributed by atoms with Crippen LogP contribution in [0.2, 0.25) is 0 Å². The second-order valence-corrected chi connectivity index (χ2v) is 5.57. The number of hydrogen-bond donors (Lipinski definition) is 1. The summed E-state index contributed by atoms with van der Waals surface area (Å²) in [5, 5.41) is 7.93. The fourth-order valence-corrected chi connectivity index (χ4v) is 3.05. The molecule has 0 bridgehead atoms. The van der Waals surface area contributed by atoms with Gasteiger partial charge >= 0.3 is 0 Å². The van der Waals surface area contributed by atoms with Gasteiger partial charge < -0.3 is 10.1 Å². The van der Waals surface area contributed by atoms with E-state index in [1.165, 1.54) is 12.4 Å². The molecule has 0 saturated carbocycles. The Kier molecular flexibility index (Phi) is 3.42. The Balaban J connectivity index is 1.69. The molecule has 6 nitrogen and oxygen atoms in total. The van der Waals surface area contributed by atoms with Crippen LogP contribution in [-0.4, -0.2) is 32.4 Å². The third-order valence-electron chi connectivity index (χ3n) is 4.18. The van der Waals surface area contributed by atoms with E-state index in [-0.39, 0.29) is 18.0 Å². The minimum atomic E-state index is -0.332. The molecule has 1 N–H and O–H groups in total. The average molecular weight is 313 g/mol. The van der Waals surface area contributed by atoms with Crippen LogP contribution in [0.25, 0.3) is 10.9 Å². The number of nitrogens with zero attached hydrogens (tertiary/aromatic N) is 4. The number of aryl methyl sites for hydroxylation is 1. The van der Waals surface area contributed by atoms with E-state index in [4.69, 9.17) is 4.74 Å². The van der Waals surface area contributed by atoms with E-state index in [0.29, 0.717) is 23.3 Å². The monoisotopic (exact) mass is 313 g/mol. The van der Waals surface area contributed by atoms with Crippen LogP contribution in [0.4, 0.5) is 10.2 Å². The van der Waals surface area contributed by atoms with E-state index < -0.39 is 0 Å². The number of rotatable bonds is 3. The third kappa shape index (κ3) is 2.43. The zero-order chi connectivity index (χ0) is 15.8. The van der Waals surface area contributed by atoms with Gasteiger partial charge in [-0.1, -0.05) is 6.07 Å². The maximum atomic E-state index is 14.2. The van der Waals surface area contributed by atoms with Crippen molar-refractivity contribution in [2.45, 2.75) is 18.6 Å². The second-order valence-electron chi connectivity index (χ2n) is 5.57. The van der Waals surface area contributed by atoms with Gasteiger partial charge in [0.15, 0.2) is 0 Å². The lowest BCUT2D eigenvalue weighted by Gasteiger charge is -2.21. The highest BCUT2D eigenvalue weighted by Gasteiger charge is 2.32. The minimum absolute atomic E-state index is 0.00288. The van der Waals surface area contributed by atoms with E-state index >= 15 is 0 Å². The minimum Gasteiger partial charge on any atom is -0.370 e. The van der Waals surface area contributed by atoms with Crippen LogP contribution in [0.15, 0.2) is 36.8 Å². The first-order valence-corrected chi connectivity index (χ1v) is 7.49. The quantitative estimate of drug-likeness (QED) is 0.804. The van der Waals surface area contributed by atoms with Gasteiger partial charge in [0.05, 0.1) is 22.6 Å². The van der Waals surface area contributed by atoms with Crippen LogP contribution in [0, 0.1) is 5.82 Å². The molecule has 1 fully saturated rings. The molecule has 2 atom stereocenters. The molecule has 3 aromatic rings. The summed E-state index contributed by atoms with van der Waals surface area (Å²) in [5.74, 6) is 0.164. The molecule has 1 saturated heterocycles. The number of ether oxygens (including phenoxy) is 1. The van der Waals surface area contributed by atoms with Crippen LogP contribution in [-0.2, 0) is 11.8 Å². The summed E-state index contributed by atoms with van der Waals surface area (Å²) in [5.41, 5.74) is 1.57. The SMILES string of the molecule is Cn1nccc1[C@H]1OCC[C@@H]1Nc1ncnc2cccc(F)c12. The van der Waals surface area contributed by atoms with Gasteiger partial charge in [-0.25, -0.2) is 14.4 Å². The lowest BCUT2D eigenvalue weighted by atomic mass is 10.1. The number of hydrogen-bond acceptors (Lipinski definition) is 5. The highest BCUT2D eigenvalue weighted by atomic mass is 19.1. The summed E-state index contributed by atoms with van der Waals surface area (Å²) >= 11 is 0. The number of anilines is 1. The summed E-state index contributed by atoms with van der Waals surface area (Å²) in [6.45, 7) is 0.638. The molecule has 118 valence electrons. The van der Waals surface area contributed by atoms with Crippen molar-refractivity contribution < 1.29 is 9.13 Å². The summed E-state index contributed by atoms with van der Waals surface area (Å²) in [4.78, 5) is 8.35. The maximum absolute atomic E-state index is 14.2. The smallest absolute Gasteiger partial charge is 0.140 e. The molecule has 1 aromatic carbocycles. The highest BCUT2D eigenvalue weighted by Crippen LogP contribution is 2.32. The number of benzene rings is 1. The van der Waals surface area contributed by atoms with Crippen molar-refractivity contribution >= 4 is 16.7 Å². The normalized spacial score (nSPS) is 21.0. The number of nitrogens with one attached hydrogen (secondary N) is 1. The molecule has 1 aliphatic heterocycles. The standard InChI is InChI=1S/C16H16FN5O/c1-22-13(5-7-20-22)15-12(6-8-23-15)21-16-14-10(17)3-2-4-11(14)18-9-19-16/h2-5,7,9,12,15H,6,8H2,1H3,(H,18,19,21)/t12-,15-/m0/s1. The van der Waals surface area contributed by atoms with Gasteiger partial charge in [0.25, 0.3) is 0 Å². The lowest BCUT2D eigenvalue weighted by Crippen LogP contribution is -2.25. The van der Waals surface area contributed by atoms with E-state index in [9.17, 15) is 4.39 Å². The van der Waals surface area contributed by atoms with E-state index in [1.54, 1.807) is 23.0 Å². The second kappa shape index (κ2) is 5.58. The summed E-state index contributed by atoms with van der Waals surface area (Å²) in [6, 6.07) is 6.77. The van der Waals surface area contributed by atoms with Crippen molar-refractivity contribution in [1.29, 1.82) is 0 Å². The van der Waals surface area contributed by atoms with Crippen molar-refractivity contribution in [2.75, 3.05) is 11.9 Å². The Hall–Kier alpha value is -2.54.